The van der Waals surface area contributed by atoms with Crippen LogP contribution in [0.1, 0.15) is 38.6 Å². The van der Waals surface area contributed by atoms with Gasteiger partial charge in [0.1, 0.15) is 17.3 Å². The van der Waals surface area contributed by atoms with E-state index in [9.17, 15) is 18.6 Å². The van der Waals surface area contributed by atoms with Crippen molar-refractivity contribution >= 4 is 47.4 Å². The Morgan fingerprint density at radius 1 is 1.07 bits per heavy atom. The lowest BCUT2D eigenvalue weighted by molar-refractivity contribution is -0.109. The summed E-state index contributed by atoms with van der Waals surface area (Å²) in [5, 5.41) is 4.75. The first-order chi connectivity index (χ1) is 13.7. The van der Waals surface area contributed by atoms with E-state index in [2.05, 4.69) is 23.3 Å². The molecule has 2 rings (SSSR count). The van der Waals surface area contributed by atoms with Crippen LogP contribution in [-0.2, 0) is 15.8 Å². The van der Waals surface area contributed by atoms with Crippen LogP contribution in [0.5, 0.6) is 0 Å². The highest BCUT2D eigenvalue weighted by Crippen LogP contribution is 2.22. The Balaban J connectivity index is 2.35. The zero-order chi connectivity index (χ0) is 21.6. The van der Waals surface area contributed by atoms with Gasteiger partial charge in [-0.3, -0.25) is 13.9 Å². The van der Waals surface area contributed by atoms with Crippen molar-refractivity contribution in [3.05, 3.63) is 65.2 Å². The number of nitrogens with one attached hydrogen (secondary N) is 2. The lowest BCUT2D eigenvalue weighted by Crippen LogP contribution is -2.34. The summed E-state index contributed by atoms with van der Waals surface area (Å²) in [6.45, 7) is 1.54. The molecule has 9 heteroatoms. The van der Waals surface area contributed by atoms with Gasteiger partial charge >= 0.3 is 0 Å². The standard InChI is InChI=1S/C20H23N3O4S2/c1-13(12-24)21-18(25)15-9-16(11-17(10-15)23(2)29(3)27)19(26)22-20(28)14-7-5-4-6-8-14/h4-13,20,28H,1-3H3,(H,21,25)(H,22,26)/t13-,20+,29?/m0/s1. The summed E-state index contributed by atoms with van der Waals surface area (Å²) in [4.78, 5) is 36.1. The van der Waals surface area contributed by atoms with E-state index >= 15 is 0 Å². The molecular formula is C20H23N3O4S2. The van der Waals surface area contributed by atoms with Crippen LogP contribution >= 0.6 is 12.6 Å². The summed E-state index contributed by atoms with van der Waals surface area (Å²) in [7, 11) is 0.233. The molecule has 0 aromatic heterocycles. The Bertz CT molecular complexity index is 921. The maximum absolute atomic E-state index is 12.8. The normalized spacial score (nSPS) is 13.7. The Morgan fingerprint density at radius 2 is 1.62 bits per heavy atom. The monoisotopic (exact) mass is 433 g/mol. The summed E-state index contributed by atoms with van der Waals surface area (Å²) < 4.78 is 13.3. The number of nitrogens with zero attached hydrogens (tertiary/aromatic N) is 1. The van der Waals surface area contributed by atoms with E-state index in [4.69, 9.17) is 0 Å². The molecule has 3 atom stereocenters. The molecule has 0 saturated heterocycles. The Labute approximate surface area is 177 Å². The first kappa shape index (κ1) is 22.6. The lowest BCUT2D eigenvalue weighted by atomic mass is 10.1. The summed E-state index contributed by atoms with van der Waals surface area (Å²) in [5.74, 6) is -0.954. The average molecular weight is 434 g/mol. The van der Waals surface area contributed by atoms with Crippen LogP contribution in [0.15, 0.2) is 48.5 Å². The quantitative estimate of drug-likeness (QED) is 0.337. The number of aldehydes is 1. The molecule has 2 amide bonds. The van der Waals surface area contributed by atoms with Crippen molar-refractivity contribution in [3.63, 3.8) is 0 Å². The van der Waals surface area contributed by atoms with Crippen LogP contribution in [0, 0.1) is 0 Å². The molecule has 0 fully saturated rings. The minimum atomic E-state index is -1.36. The molecule has 2 aromatic rings. The van der Waals surface area contributed by atoms with Crippen LogP contribution in [0.25, 0.3) is 0 Å². The van der Waals surface area contributed by atoms with Gasteiger partial charge in [-0.2, -0.15) is 0 Å². The van der Waals surface area contributed by atoms with Crippen LogP contribution in [0.4, 0.5) is 5.69 Å². The predicted octanol–water partition coefficient (Wildman–Crippen LogP) is 2.09. The van der Waals surface area contributed by atoms with Crippen molar-refractivity contribution in [1.82, 2.24) is 10.6 Å². The number of anilines is 1. The van der Waals surface area contributed by atoms with Crippen molar-refractivity contribution < 1.29 is 18.6 Å². The molecule has 29 heavy (non-hydrogen) atoms. The zero-order valence-electron chi connectivity index (χ0n) is 16.3. The van der Waals surface area contributed by atoms with E-state index < -0.39 is 34.2 Å². The number of hydrogen-bond donors (Lipinski definition) is 3. The molecule has 0 radical (unpaired) electrons. The predicted molar refractivity (Wildman–Crippen MR) is 118 cm³/mol. The molecule has 0 aliphatic carbocycles. The number of carbonyl (C=O) groups excluding carboxylic acids is 3. The van der Waals surface area contributed by atoms with E-state index in [1.54, 1.807) is 20.0 Å². The smallest absolute Gasteiger partial charge is 0.252 e. The third-order valence-corrected chi connectivity index (χ3v) is 5.55. The molecule has 1 unspecified atom stereocenters. The third-order valence-electron chi connectivity index (χ3n) is 4.14. The molecular weight excluding hydrogens is 410 g/mol. The minimum absolute atomic E-state index is 0.175. The second-order valence-electron chi connectivity index (χ2n) is 6.37. The van der Waals surface area contributed by atoms with E-state index in [-0.39, 0.29) is 11.1 Å². The van der Waals surface area contributed by atoms with Gasteiger partial charge in [-0.05, 0) is 30.7 Å². The number of rotatable bonds is 8. The molecule has 0 saturated carbocycles. The molecule has 2 aromatic carbocycles. The van der Waals surface area contributed by atoms with Crippen molar-refractivity contribution in [3.8, 4) is 0 Å². The Kier molecular flexibility index (Phi) is 7.98. The molecule has 0 spiro atoms. The number of amides is 2. The highest BCUT2D eigenvalue weighted by atomic mass is 32.2. The van der Waals surface area contributed by atoms with Gasteiger partial charge < -0.3 is 15.4 Å². The van der Waals surface area contributed by atoms with Gasteiger partial charge in [-0.15, -0.1) is 12.6 Å². The SMILES string of the molecule is C[C@@H](C=O)NC(=O)c1cc(C(=O)N[C@H](S)c2ccccc2)cc(N(C)S(C)=O)c1. The average Bonchev–Trinajstić information content (AvgIpc) is 2.72. The van der Waals surface area contributed by atoms with Gasteiger partial charge in [0, 0.05) is 24.4 Å². The van der Waals surface area contributed by atoms with Gasteiger partial charge in [0.05, 0.1) is 17.1 Å². The maximum Gasteiger partial charge on any atom is 0.252 e. The number of carbonyl (C=O) groups is 3. The van der Waals surface area contributed by atoms with E-state index in [0.717, 1.165) is 5.56 Å². The number of benzene rings is 2. The van der Waals surface area contributed by atoms with Gasteiger partial charge in [0.25, 0.3) is 11.8 Å². The van der Waals surface area contributed by atoms with E-state index in [0.29, 0.717) is 12.0 Å². The van der Waals surface area contributed by atoms with Crippen molar-refractivity contribution in [2.45, 2.75) is 18.3 Å². The molecule has 0 bridgehead atoms. The molecule has 2 N–H and O–H groups in total. The zero-order valence-corrected chi connectivity index (χ0v) is 18.0. The van der Waals surface area contributed by atoms with Gasteiger partial charge in [0.2, 0.25) is 0 Å². The topological polar surface area (TPSA) is 95.6 Å². The fourth-order valence-electron chi connectivity index (χ4n) is 2.45. The second kappa shape index (κ2) is 10.2. The fraction of sp³-hybridized carbons (Fsp3) is 0.250. The first-order valence-corrected chi connectivity index (χ1v) is 10.8. The molecule has 0 aliphatic heterocycles. The van der Waals surface area contributed by atoms with Gasteiger partial charge in [-0.25, -0.2) is 4.21 Å². The summed E-state index contributed by atoms with van der Waals surface area (Å²) in [5.41, 5.74) is 1.62. The van der Waals surface area contributed by atoms with Crippen molar-refractivity contribution in [2.24, 2.45) is 0 Å². The van der Waals surface area contributed by atoms with E-state index in [1.807, 2.05) is 30.3 Å². The highest BCUT2D eigenvalue weighted by molar-refractivity contribution is 7.85. The molecule has 7 nitrogen and oxygen atoms in total. The van der Waals surface area contributed by atoms with Gasteiger partial charge in [-0.1, -0.05) is 30.3 Å². The van der Waals surface area contributed by atoms with Crippen LogP contribution in [0.3, 0.4) is 0 Å². The third kappa shape index (κ3) is 6.16. The highest BCUT2D eigenvalue weighted by Gasteiger charge is 2.18. The van der Waals surface area contributed by atoms with Crippen molar-refractivity contribution in [1.29, 1.82) is 0 Å². The maximum atomic E-state index is 12.8. The van der Waals surface area contributed by atoms with Crippen LogP contribution in [-0.4, -0.2) is 41.7 Å². The van der Waals surface area contributed by atoms with Gasteiger partial charge in [0.15, 0.2) is 0 Å². The molecule has 154 valence electrons. The Hall–Kier alpha value is -2.65. The Morgan fingerprint density at radius 3 is 2.14 bits per heavy atom. The fourth-order valence-corrected chi connectivity index (χ4v) is 3.15. The summed E-state index contributed by atoms with van der Waals surface area (Å²) >= 11 is 4.42. The van der Waals surface area contributed by atoms with Crippen molar-refractivity contribution in [2.75, 3.05) is 17.6 Å². The minimum Gasteiger partial charge on any atom is -0.343 e. The second-order valence-corrected chi connectivity index (χ2v) is 8.29. The van der Waals surface area contributed by atoms with Crippen LogP contribution < -0.4 is 14.9 Å². The molecule has 0 aliphatic rings. The summed E-state index contributed by atoms with van der Waals surface area (Å²) in [6.07, 6.45) is 2.09. The number of thiol groups is 1. The van der Waals surface area contributed by atoms with Crippen LogP contribution in [0.2, 0.25) is 0 Å². The number of hydrogen-bond acceptors (Lipinski definition) is 5. The first-order valence-electron chi connectivity index (χ1n) is 8.75. The van der Waals surface area contributed by atoms with E-state index in [1.165, 1.54) is 22.7 Å². The lowest BCUT2D eigenvalue weighted by Gasteiger charge is -2.19. The summed E-state index contributed by atoms with van der Waals surface area (Å²) in [6, 6.07) is 13.0. The molecule has 0 heterocycles. The largest absolute Gasteiger partial charge is 0.343 e.